The van der Waals surface area contributed by atoms with Crippen molar-refractivity contribution in [1.29, 1.82) is 0 Å². The highest BCUT2D eigenvalue weighted by molar-refractivity contribution is 5.85. The van der Waals surface area contributed by atoms with E-state index in [0.717, 1.165) is 11.3 Å². The maximum atomic E-state index is 11.8. The van der Waals surface area contributed by atoms with Crippen LogP contribution in [0.4, 0.5) is 8.78 Å². The molecule has 0 aliphatic carbocycles. The van der Waals surface area contributed by atoms with Gasteiger partial charge in [-0.25, -0.2) is 8.78 Å². The van der Waals surface area contributed by atoms with E-state index in [1.165, 1.54) is 0 Å². The molecular weight excluding hydrogens is 212 g/mol. The third kappa shape index (κ3) is 4.02. The number of nitrogens with zero attached hydrogens (tertiary/aromatic N) is 2. The monoisotopic (exact) mass is 225 g/mol. The summed E-state index contributed by atoms with van der Waals surface area (Å²) in [6, 6.07) is 0. The van der Waals surface area contributed by atoms with E-state index in [-0.39, 0.29) is 19.0 Å². The van der Waals surface area contributed by atoms with Gasteiger partial charge in [-0.2, -0.15) is 5.10 Å². The first-order valence-electron chi connectivity index (χ1n) is 4.07. The molecule has 0 fully saturated rings. The Kier molecular flexibility index (Phi) is 5.64. The van der Waals surface area contributed by atoms with Crippen molar-refractivity contribution in [2.45, 2.75) is 19.9 Å². The van der Waals surface area contributed by atoms with Gasteiger partial charge in [-0.15, -0.1) is 12.4 Å². The molecule has 0 aliphatic heterocycles. The second kappa shape index (κ2) is 5.93. The number of hydrogen-bond acceptors (Lipinski definition) is 2. The summed E-state index contributed by atoms with van der Waals surface area (Å²) < 4.78 is 25.2. The van der Waals surface area contributed by atoms with Crippen LogP contribution in [0.15, 0.2) is 6.20 Å². The Morgan fingerprint density at radius 3 is 2.64 bits per heavy atom. The molecule has 0 saturated carbocycles. The van der Waals surface area contributed by atoms with Gasteiger partial charge in [0, 0.05) is 25.4 Å². The fourth-order valence-corrected chi connectivity index (χ4v) is 1.14. The highest BCUT2D eigenvalue weighted by atomic mass is 35.5. The molecule has 3 nitrogen and oxygen atoms in total. The number of aryl methyl sites for hydroxylation is 2. The van der Waals surface area contributed by atoms with E-state index in [9.17, 15) is 8.78 Å². The van der Waals surface area contributed by atoms with Gasteiger partial charge in [0.05, 0.1) is 12.2 Å². The molecule has 0 radical (unpaired) electrons. The minimum atomic E-state index is -2.29. The van der Waals surface area contributed by atoms with E-state index in [0.29, 0.717) is 6.54 Å². The first kappa shape index (κ1) is 13.3. The molecule has 1 N–H and O–H groups in total. The van der Waals surface area contributed by atoms with Crippen molar-refractivity contribution >= 4 is 12.4 Å². The first-order chi connectivity index (χ1) is 6.09. The second-order valence-electron chi connectivity index (χ2n) is 2.94. The summed E-state index contributed by atoms with van der Waals surface area (Å²) in [5.74, 6) is 0. The molecule has 0 unspecified atom stereocenters. The van der Waals surface area contributed by atoms with Crippen LogP contribution in [0.1, 0.15) is 11.3 Å². The minimum Gasteiger partial charge on any atom is -0.307 e. The van der Waals surface area contributed by atoms with Crippen molar-refractivity contribution in [2.75, 3.05) is 6.54 Å². The fourth-order valence-electron chi connectivity index (χ4n) is 1.14. The molecule has 0 aromatic carbocycles. The van der Waals surface area contributed by atoms with Crippen LogP contribution in [0, 0.1) is 6.92 Å². The maximum absolute atomic E-state index is 11.8. The zero-order valence-corrected chi connectivity index (χ0v) is 8.94. The normalized spacial score (nSPS) is 10.4. The van der Waals surface area contributed by atoms with E-state index in [2.05, 4.69) is 10.4 Å². The van der Waals surface area contributed by atoms with Crippen LogP contribution in [0.2, 0.25) is 0 Å². The summed E-state index contributed by atoms with van der Waals surface area (Å²) >= 11 is 0. The van der Waals surface area contributed by atoms with Crippen molar-refractivity contribution in [3.63, 3.8) is 0 Å². The molecule has 0 bridgehead atoms. The van der Waals surface area contributed by atoms with Crippen molar-refractivity contribution in [2.24, 2.45) is 7.05 Å². The molecule has 0 saturated heterocycles. The van der Waals surface area contributed by atoms with Crippen molar-refractivity contribution in [3.05, 3.63) is 17.5 Å². The van der Waals surface area contributed by atoms with E-state index in [4.69, 9.17) is 0 Å². The maximum Gasteiger partial charge on any atom is 0.250 e. The number of alkyl halides is 2. The lowest BCUT2D eigenvalue weighted by atomic mass is 10.2. The number of hydrogen-bond donors (Lipinski definition) is 1. The van der Waals surface area contributed by atoms with E-state index >= 15 is 0 Å². The largest absolute Gasteiger partial charge is 0.307 e. The van der Waals surface area contributed by atoms with E-state index < -0.39 is 6.43 Å². The number of rotatable bonds is 4. The van der Waals surface area contributed by atoms with Crippen molar-refractivity contribution in [3.8, 4) is 0 Å². The summed E-state index contributed by atoms with van der Waals surface area (Å²) in [7, 11) is 1.81. The lowest BCUT2D eigenvalue weighted by Gasteiger charge is -2.01. The Labute approximate surface area is 87.9 Å². The lowest BCUT2D eigenvalue weighted by molar-refractivity contribution is 0.145. The molecule has 1 aromatic heterocycles. The summed E-state index contributed by atoms with van der Waals surface area (Å²) in [6.07, 6.45) is -0.467. The van der Waals surface area contributed by atoms with Gasteiger partial charge in [0.2, 0.25) is 0 Å². The van der Waals surface area contributed by atoms with Gasteiger partial charge in [0.1, 0.15) is 0 Å². The van der Waals surface area contributed by atoms with Gasteiger partial charge < -0.3 is 5.32 Å². The second-order valence-corrected chi connectivity index (χ2v) is 2.94. The van der Waals surface area contributed by atoms with Crippen LogP contribution in [0.25, 0.3) is 0 Å². The zero-order chi connectivity index (χ0) is 9.84. The third-order valence-electron chi connectivity index (χ3n) is 1.73. The lowest BCUT2D eigenvalue weighted by Crippen LogP contribution is -2.20. The standard InChI is InChI=1S/C8H13F2N3.ClH/c1-6-7(5-13(2)12-6)3-11-4-8(9)10;/h5,8,11H,3-4H2,1-2H3;1H. The third-order valence-corrected chi connectivity index (χ3v) is 1.73. The van der Waals surface area contributed by atoms with Gasteiger partial charge in [-0.05, 0) is 6.92 Å². The Bertz CT molecular complexity index is 276. The van der Waals surface area contributed by atoms with Crippen molar-refractivity contribution < 1.29 is 8.78 Å². The average Bonchev–Trinajstić information content (AvgIpc) is 2.29. The van der Waals surface area contributed by atoms with Gasteiger partial charge in [0.25, 0.3) is 6.43 Å². The van der Waals surface area contributed by atoms with Crippen LogP contribution in [-0.2, 0) is 13.6 Å². The van der Waals surface area contributed by atoms with Crippen LogP contribution < -0.4 is 5.32 Å². The fraction of sp³-hybridized carbons (Fsp3) is 0.625. The van der Waals surface area contributed by atoms with Crippen LogP contribution in [-0.4, -0.2) is 22.8 Å². The predicted octanol–water partition coefficient (Wildman–Crippen LogP) is 1.51. The predicted molar refractivity (Wildman–Crippen MR) is 52.9 cm³/mol. The summed E-state index contributed by atoms with van der Waals surface area (Å²) in [5, 5.41) is 6.75. The van der Waals surface area contributed by atoms with Crippen LogP contribution in [0.5, 0.6) is 0 Å². The van der Waals surface area contributed by atoms with E-state index in [1.807, 2.05) is 20.2 Å². The quantitative estimate of drug-likeness (QED) is 0.842. The number of aromatic nitrogens is 2. The Morgan fingerprint density at radius 2 is 2.21 bits per heavy atom. The summed E-state index contributed by atoms with van der Waals surface area (Å²) in [5.41, 5.74) is 1.84. The number of nitrogens with one attached hydrogen (secondary N) is 1. The highest BCUT2D eigenvalue weighted by Crippen LogP contribution is 2.03. The molecule has 14 heavy (non-hydrogen) atoms. The molecule has 0 atom stereocenters. The van der Waals surface area contributed by atoms with Gasteiger partial charge >= 0.3 is 0 Å². The van der Waals surface area contributed by atoms with E-state index in [1.54, 1.807) is 4.68 Å². The van der Waals surface area contributed by atoms with Crippen LogP contribution in [0.3, 0.4) is 0 Å². The highest BCUT2D eigenvalue weighted by Gasteiger charge is 2.04. The Hall–Kier alpha value is -0.680. The molecular formula is C8H14ClF2N3. The van der Waals surface area contributed by atoms with Crippen molar-refractivity contribution in [1.82, 2.24) is 15.1 Å². The minimum absolute atomic E-state index is 0. The first-order valence-corrected chi connectivity index (χ1v) is 4.07. The zero-order valence-electron chi connectivity index (χ0n) is 8.13. The molecule has 0 aliphatic rings. The summed E-state index contributed by atoms with van der Waals surface area (Å²) in [6.45, 7) is 2.04. The Balaban J connectivity index is 0.00000169. The van der Waals surface area contributed by atoms with Crippen LogP contribution >= 0.6 is 12.4 Å². The summed E-state index contributed by atoms with van der Waals surface area (Å²) in [4.78, 5) is 0. The van der Waals surface area contributed by atoms with Gasteiger partial charge in [-0.3, -0.25) is 4.68 Å². The molecule has 1 aromatic rings. The molecule has 6 heteroatoms. The molecule has 1 heterocycles. The van der Waals surface area contributed by atoms with Gasteiger partial charge in [0.15, 0.2) is 0 Å². The molecule has 82 valence electrons. The number of halogens is 3. The average molecular weight is 226 g/mol. The van der Waals surface area contributed by atoms with Gasteiger partial charge in [-0.1, -0.05) is 0 Å². The molecule has 0 spiro atoms. The molecule has 0 amide bonds. The smallest absolute Gasteiger partial charge is 0.250 e. The molecule has 1 rings (SSSR count). The topological polar surface area (TPSA) is 29.9 Å². The SMILES string of the molecule is Cc1nn(C)cc1CNCC(F)F.Cl. The Morgan fingerprint density at radius 1 is 1.57 bits per heavy atom.